The summed E-state index contributed by atoms with van der Waals surface area (Å²) < 4.78 is 34.6. The third-order valence-electron chi connectivity index (χ3n) is 12.4. The first kappa shape index (κ1) is 77.1. The first-order valence-electron chi connectivity index (χ1n) is 31.5. The molecule has 0 rings (SSSR count). The zero-order valence-electron chi connectivity index (χ0n) is 52.1. The number of phosphoric acid groups is 1. The van der Waals surface area contributed by atoms with Crippen molar-refractivity contribution in [2.75, 3.05) is 47.5 Å². The Morgan fingerprint density at radius 2 is 0.659 bits per heavy atom. The number of quaternary nitrogens is 1. The predicted molar refractivity (Wildman–Crippen MR) is 352 cm³/mol. The van der Waals surface area contributed by atoms with Gasteiger partial charge in [-0.25, -0.2) is 4.57 Å². The van der Waals surface area contributed by atoms with Gasteiger partial charge in [-0.15, -0.1) is 0 Å². The molecular weight excluding hydrogens is 1040 g/mol. The lowest BCUT2D eigenvalue weighted by molar-refractivity contribution is -0.870. The molecule has 0 saturated carbocycles. The monoisotopic (exact) mass is 1150 g/mol. The van der Waals surface area contributed by atoms with Crippen LogP contribution >= 0.6 is 7.82 Å². The summed E-state index contributed by atoms with van der Waals surface area (Å²) in [6.45, 7) is 4.13. The summed E-state index contributed by atoms with van der Waals surface area (Å²) in [5, 5.41) is 0. The number of phosphoric ester groups is 1. The van der Waals surface area contributed by atoms with E-state index in [1.165, 1.54) is 19.3 Å². The number of ether oxygens (including phenoxy) is 2. The number of carbonyl (C=O) groups is 2. The molecule has 82 heavy (non-hydrogen) atoms. The Kier molecular flexibility index (Phi) is 57.1. The minimum Gasteiger partial charge on any atom is -0.462 e. The number of hydrogen-bond donors (Lipinski definition) is 1. The van der Waals surface area contributed by atoms with Crippen molar-refractivity contribution in [2.24, 2.45) is 0 Å². The first-order chi connectivity index (χ1) is 40.0. The summed E-state index contributed by atoms with van der Waals surface area (Å²) >= 11 is 0. The highest BCUT2D eigenvalue weighted by Crippen LogP contribution is 2.43. The Balaban J connectivity index is 4.29. The maximum atomic E-state index is 12.8. The van der Waals surface area contributed by atoms with Crippen LogP contribution in [0, 0.1) is 0 Å². The molecule has 2 atom stereocenters. The fraction of sp³-hybridized carbons (Fsp3) is 0.556. The van der Waals surface area contributed by atoms with Gasteiger partial charge in [0.25, 0.3) is 0 Å². The molecule has 0 aromatic carbocycles. The van der Waals surface area contributed by atoms with Crippen molar-refractivity contribution < 1.29 is 42.1 Å². The maximum Gasteiger partial charge on any atom is 0.472 e. The average molecular weight is 1150 g/mol. The minimum atomic E-state index is -4.42. The van der Waals surface area contributed by atoms with Gasteiger partial charge in [-0.2, -0.15) is 0 Å². The molecule has 0 aliphatic carbocycles. The molecular formula is C72H115NO8P+. The Hall–Kier alpha value is -4.89. The fourth-order valence-electron chi connectivity index (χ4n) is 7.66. The van der Waals surface area contributed by atoms with Crippen molar-refractivity contribution in [1.29, 1.82) is 0 Å². The normalized spacial score (nSPS) is 14.5. The highest BCUT2D eigenvalue weighted by Gasteiger charge is 2.27. The summed E-state index contributed by atoms with van der Waals surface area (Å²) in [5.41, 5.74) is 0. The predicted octanol–water partition coefficient (Wildman–Crippen LogP) is 20.4. The largest absolute Gasteiger partial charge is 0.472 e. The topological polar surface area (TPSA) is 108 Å². The molecule has 0 aliphatic rings. The number of esters is 2. The van der Waals surface area contributed by atoms with Gasteiger partial charge in [0, 0.05) is 12.8 Å². The van der Waals surface area contributed by atoms with Crippen LogP contribution in [0.5, 0.6) is 0 Å². The van der Waals surface area contributed by atoms with Crippen molar-refractivity contribution in [2.45, 2.75) is 213 Å². The summed E-state index contributed by atoms with van der Waals surface area (Å²) in [5.74, 6) is -0.856. The van der Waals surface area contributed by atoms with Crippen molar-refractivity contribution in [3.63, 3.8) is 0 Å². The minimum absolute atomic E-state index is 0.0128. The van der Waals surface area contributed by atoms with E-state index in [0.29, 0.717) is 23.9 Å². The molecule has 0 bridgehead atoms. The van der Waals surface area contributed by atoms with Crippen LogP contribution in [0.25, 0.3) is 0 Å². The maximum absolute atomic E-state index is 12.8. The number of allylic oxidation sites excluding steroid dienone is 30. The number of rotatable bonds is 55. The zero-order valence-corrected chi connectivity index (χ0v) is 53.0. The van der Waals surface area contributed by atoms with Gasteiger partial charge in [-0.3, -0.25) is 18.6 Å². The first-order valence-corrected chi connectivity index (χ1v) is 33.0. The Bertz CT molecular complexity index is 2030. The van der Waals surface area contributed by atoms with Gasteiger partial charge in [-0.1, -0.05) is 241 Å². The molecule has 0 spiro atoms. The SMILES string of the molecule is CC/C=C\C/C=C\C/C=C\C/C=C\C/C=C\C/C=C\C/C=C\C/C=C\CCCCCCC(=O)OC(COC(=O)CCCCCCCCC/C=C\C/C=C\C/C=C\C/C=C\C/C=C\C/C=C\C/C=C\CC)COP(=O)(O)OCC[N+](C)(C)C. The molecule has 1 N–H and O–H groups in total. The lowest BCUT2D eigenvalue weighted by Crippen LogP contribution is -2.37. The smallest absolute Gasteiger partial charge is 0.462 e. The molecule has 0 saturated heterocycles. The van der Waals surface area contributed by atoms with Gasteiger partial charge in [0.2, 0.25) is 0 Å². The quantitative estimate of drug-likeness (QED) is 0.0211. The highest BCUT2D eigenvalue weighted by molar-refractivity contribution is 7.47. The zero-order chi connectivity index (χ0) is 59.8. The van der Waals surface area contributed by atoms with Gasteiger partial charge in [-0.05, 0) is 135 Å². The molecule has 0 amide bonds. The van der Waals surface area contributed by atoms with E-state index in [2.05, 4.69) is 196 Å². The standard InChI is InChI=1S/C72H114NO8P/c1-6-8-10-12-14-16-18-20-22-24-26-28-30-32-34-36-38-40-42-44-46-48-50-52-54-56-58-60-62-64-71(74)78-68-70(69-80-82(76,77)79-67-66-73(3,4)5)81-72(75)65-63-61-59-57-55-53-51-49-47-45-43-41-39-37-35-33-31-29-27-25-23-21-19-17-15-13-11-9-7-2/h8-11,14-17,20-23,26-29,32-35,38-41,44-47,51,53,70H,6-7,12-13,18-19,24-25,30-31,36-37,42-43,48-50,52,54-69H2,1-5H3/p+1/b10-8-,11-9-,16-14-,17-15-,22-20-,23-21-,28-26-,29-27-,34-32-,35-33-,40-38-,41-39-,46-44-,47-45-,53-51-. The Morgan fingerprint density at radius 1 is 0.378 bits per heavy atom. The summed E-state index contributed by atoms with van der Waals surface area (Å²) in [6, 6.07) is 0. The number of unbranched alkanes of at least 4 members (excludes halogenated alkanes) is 11. The lowest BCUT2D eigenvalue weighted by atomic mass is 10.1. The van der Waals surface area contributed by atoms with E-state index in [-0.39, 0.29) is 26.1 Å². The lowest BCUT2D eigenvalue weighted by Gasteiger charge is -2.24. The molecule has 0 radical (unpaired) electrons. The van der Waals surface area contributed by atoms with E-state index in [0.717, 1.165) is 148 Å². The van der Waals surface area contributed by atoms with Crippen molar-refractivity contribution in [3.8, 4) is 0 Å². The number of carbonyl (C=O) groups excluding carboxylic acids is 2. The van der Waals surface area contributed by atoms with Crippen LogP contribution < -0.4 is 0 Å². The molecule has 0 aliphatic heterocycles. The number of likely N-dealkylation sites (N-methyl/N-ethyl adjacent to an activating group) is 1. The average Bonchev–Trinajstić information content (AvgIpc) is 3.45. The molecule has 0 aromatic rings. The van der Waals surface area contributed by atoms with Crippen molar-refractivity contribution in [1.82, 2.24) is 0 Å². The Morgan fingerprint density at radius 3 is 0.976 bits per heavy atom. The summed E-state index contributed by atoms with van der Waals surface area (Å²) in [6.07, 6.45) is 93.9. The highest BCUT2D eigenvalue weighted by atomic mass is 31.2. The molecule has 10 heteroatoms. The molecule has 0 heterocycles. The van der Waals surface area contributed by atoms with Crippen molar-refractivity contribution in [3.05, 3.63) is 182 Å². The number of hydrogen-bond acceptors (Lipinski definition) is 7. The van der Waals surface area contributed by atoms with E-state index < -0.39 is 32.5 Å². The van der Waals surface area contributed by atoms with Crippen LogP contribution in [0.15, 0.2) is 182 Å². The van der Waals surface area contributed by atoms with Gasteiger partial charge in [0.1, 0.15) is 19.8 Å². The van der Waals surface area contributed by atoms with Gasteiger partial charge in [0.15, 0.2) is 6.10 Å². The third-order valence-corrected chi connectivity index (χ3v) is 13.4. The Labute approximate surface area is 501 Å². The summed E-state index contributed by atoms with van der Waals surface area (Å²) in [7, 11) is 1.42. The van der Waals surface area contributed by atoms with Crippen LogP contribution in [0.4, 0.5) is 0 Å². The fourth-order valence-corrected chi connectivity index (χ4v) is 8.40. The van der Waals surface area contributed by atoms with Crippen LogP contribution in [-0.4, -0.2) is 74.9 Å². The van der Waals surface area contributed by atoms with Crippen LogP contribution in [0.1, 0.15) is 206 Å². The second-order valence-electron chi connectivity index (χ2n) is 21.3. The van der Waals surface area contributed by atoms with Crippen LogP contribution in [0.2, 0.25) is 0 Å². The molecule has 9 nitrogen and oxygen atoms in total. The molecule has 0 aromatic heterocycles. The molecule has 2 unspecified atom stereocenters. The van der Waals surface area contributed by atoms with Gasteiger partial charge < -0.3 is 18.9 Å². The van der Waals surface area contributed by atoms with Crippen LogP contribution in [0.3, 0.4) is 0 Å². The second-order valence-corrected chi connectivity index (χ2v) is 22.8. The third kappa shape index (κ3) is 64.3. The van der Waals surface area contributed by atoms with Crippen molar-refractivity contribution >= 4 is 19.8 Å². The second kappa shape index (κ2) is 60.7. The number of nitrogens with zero attached hydrogens (tertiary/aromatic N) is 1. The van der Waals surface area contributed by atoms with E-state index in [1.807, 2.05) is 21.1 Å². The van der Waals surface area contributed by atoms with E-state index in [1.54, 1.807) is 0 Å². The van der Waals surface area contributed by atoms with E-state index in [4.69, 9.17) is 18.5 Å². The molecule has 0 fully saturated rings. The molecule has 460 valence electrons. The van der Waals surface area contributed by atoms with Gasteiger partial charge >= 0.3 is 19.8 Å². The van der Waals surface area contributed by atoms with E-state index in [9.17, 15) is 19.0 Å². The van der Waals surface area contributed by atoms with E-state index >= 15 is 0 Å². The van der Waals surface area contributed by atoms with Crippen LogP contribution in [-0.2, 0) is 32.7 Å². The summed E-state index contributed by atoms with van der Waals surface area (Å²) in [4.78, 5) is 35.8. The van der Waals surface area contributed by atoms with Gasteiger partial charge in [0.05, 0.1) is 27.7 Å².